The predicted octanol–water partition coefficient (Wildman–Crippen LogP) is 5.37. The molecule has 0 N–H and O–H groups in total. The highest BCUT2D eigenvalue weighted by Crippen LogP contribution is 2.32. The summed E-state index contributed by atoms with van der Waals surface area (Å²) in [6.07, 6.45) is 0.971. The van der Waals surface area contributed by atoms with Gasteiger partial charge in [-0.25, -0.2) is 4.39 Å². The third-order valence-electron chi connectivity index (χ3n) is 2.91. The highest BCUT2D eigenvalue weighted by molar-refractivity contribution is 6.30. The summed E-state index contributed by atoms with van der Waals surface area (Å²) < 4.78 is 13.7. The Bertz CT molecular complexity index is 535. The second-order valence-corrected chi connectivity index (χ2v) is 5.00. The van der Waals surface area contributed by atoms with Crippen LogP contribution in [0.1, 0.15) is 29.0 Å². The van der Waals surface area contributed by atoms with Crippen LogP contribution in [-0.2, 0) is 6.42 Å². The summed E-state index contributed by atoms with van der Waals surface area (Å²) in [4.78, 5) is 0. The van der Waals surface area contributed by atoms with E-state index in [1.165, 1.54) is 17.7 Å². The molecule has 3 heteroatoms. The summed E-state index contributed by atoms with van der Waals surface area (Å²) in [6, 6.07) is 12.3. The second-order valence-electron chi connectivity index (χ2n) is 4.12. The summed E-state index contributed by atoms with van der Waals surface area (Å²) in [5.74, 6) is -0.334. The van der Waals surface area contributed by atoms with Crippen LogP contribution in [-0.4, -0.2) is 0 Å². The molecule has 0 aromatic heterocycles. The monoisotopic (exact) mass is 282 g/mol. The van der Waals surface area contributed by atoms with Gasteiger partial charge in [0, 0.05) is 10.6 Å². The fourth-order valence-corrected chi connectivity index (χ4v) is 2.30. The van der Waals surface area contributed by atoms with Crippen LogP contribution >= 0.6 is 23.2 Å². The van der Waals surface area contributed by atoms with Crippen molar-refractivity contribution >= 4 is 23.2 Å². The van der Waals surface area contributed by atoms with Crippen molar-refractivity contribution in [3.05, 3.63) is 70.0 Å². The van der Waals surface area contributed by atoms with Gasteiger partial charge in [-0.3, -0.25) is 0 Å². The van der Waals surface area contributed by atoms with E-state index in [0.29, 0.717) is 10.6 Å². The molecule has 0 heterocycles. The Labute approximate surface area is 116 Å². The maximum absolute atomic E-state index is 13.7. The van der Waals surface area contributed by atoms with Crippen LogP contribution in [0.15, 0.2) is 42.5 Å². The van der Waals surface area contributed by atoms with Crippen LogP contribution in [0, 0.1) is 5.82 Å². The molecule has 0 fully saturated rings. The van der Waals surface area contributed by atoms with Gasteiger partial charge in [-0.1, -0.05) is 42.8 Å². The number of halogens is 3. The Balaban J connectivity index is 2.34. The van der Waals surface area contributed by atoms with Crippen molar-refractivity contribution in [3.63, 3.8) is 0 Å². The highest BCUT2D eigenvalue weighted by Gasteiger charge is 2.15. The van der Waals surface area contributed by atoms with Gasteiger partial charge < -0.3 is 0 Å². The molecule has 0 saturated heterocycles. The van der Waals surface area contributed by atoms with E-state index < -0.39 is 5.38 Å². The first-order valence-corrected chi connectivity index (χ1v) is 6.61. The number of aryl methyl sites for hydroxylation is 1. The smallest absolute Gasteiger partial charge is 0.128 e. The van der Waals surface area contributed by atoms with Gasteiger partial charge in [0.25, 0.3) is 0 Å². The number of hydrogen-bond acceptors (Lipinski definition) is 0. The number of rotatable bonds is 3. The fraction of sp³-hybridized carbons (Fsp3) is 0.200. The minimum atomic E-state index is -0.519. The standard InChI is InChI=1S/C15H13Cl2F/c1-2-10-3-5-11(6-4-10)15(17)13-9-12(16)7-8-14(13)18/h3-9,15H,2H2,1H3. The average Bonchev–Trinajstić information content (AvgIpc) is 2.41. The van der Waals surface area contributed by atoms with Gasteiger partial charge in [0.2, 0.25) is 0 Å². The van der Waals surface area contributed by atoms with Crippen LogP contribution in [0.4, 0.5) is 4.39 Å². The van der Waals surface area contributed by atoms with Crippen LogP contribution in [0.25, 0.3) is 0 Å². The number of alkyl halides is 1. The van der Waals surface area contributed by atoms with Gasteiger partial charge in [0.05, 0.1) is 5.38 Å². The zero-order chi connectivity index (χ0) is 13.1. The Morgan fingerprint density at radius 1 is 1.11 bits per heavy atom. The first-order chi connectivity index (χ1) is 8.61. The third kappa shape index (κ3) is 2.85. The lowest BCUT2D eigenvalue weighted by Crippen LogP contribution is -1.97. The van der Waals surface area contributed by atoms with Crippen molar-refractivity contribution in [1.82, 2.24) is 0 Å². The van der Waals surface area contributed by atoms with Gasteiger partial charge in [0.15, 0.2) is 0 Å². The molecule has 0 bridgehead atoms. The molecule has 18 heavy (non-hydrogen) atoms. The van der Waals surface area contributed by atoms with Gasteiger partial charge in [-0.2, -0.15) is 0 Å². The van der Waals surface area contributed by atoms with E-state index in [1.54, 1.807) is 6.07 Å². The fourth-order valence-electron chi connectivity index (χ4n) is 1.81. The summed E-state index contributed by atoms with van der Waals surface area (Å²) in [7, 11) is 0. The molecule has 0 saturated carbocycles. The number of benzene rings is 2. The zero-order valence-corrected chi connectivity index (χ0v) is 11.5. The maximum atomic E-state index is 13.7. The molecule has 0 aliphatic carbocycles. The van der Waals surface area contributed by atoms with Crippen molar-refractivity contribution in [2.75, 3.05) is 0 Å². The molecule has 2 rings (SSSR count). The molecule has 0 aliphatic heterocycles. The average molecular weight is 283 g/mol. The van der Waals surface area contributed by atoms with Gasteiger partial charge in [0.1, 0.15) is 5.82 Å². The molecular formula is C15H13Cl2F. The molecular weight excluding hydrogens is 270 g/mol. The zero-order valence-electron chi connectivity index (χ0n) is 9.96. The minimum Gasteiger partial charge on any atom is -0.207 e. The van der Waals surface area contributed by atoms with Crippen molar-refractivity contribution in [2.45, 2.75) is 18.7 Å². The Hall–Kier alpha value is -1.05. The van der Waals surface area contributed by atoms with E-state index in [0.717, 1.165) is 12.0 Å². The Morgan fingerprint density at radius 2 is 1.78 bits per heavy atom. The molecule has 0 radical (unpaired) electrons. The molecule has 2 aromatic carbocycles. The van der Waals surface area contributed by atoms with E-state index in [2.05, 4.69) is 6.92 Å². The van der Waals surface area contributed by atoms with E-state index in [-0.39, 0.29) is 5.82 Å². The van der Waals surface area contributed by atoms with Crippen LogP contribution < -0.4 is 0 Å². The summed E-state index contributed by atoms with van der Waals surface area (Å²) in [5, 5.41) is -0.0307. The Kier molecular flexibility index (Phi) is 4.26. The van der Waals surface area contributed by atoms with Crippen LogP contribution in [0.5, 0.6) is 0 Å². The molecule has 0 aliphatic rings. The molecule has 0 amide bonds. The topological polar surface area (TPSA) is 0 Å². The SMILES string of the molecule is CCc1ccc(C(Cl)c2cc(Cl)ccc2F)cc1. The van der Waals surface area contributed by atoms with Crippen LogP contribution in [0.2, 0.25) is 5.02 Å². The molecule has 2 aromatic rings. The lowest BCUT2D eigenvalue weighted by molar-refractivity contribution is 0.612. The lowest BCUT2D eigenvalue weighted by Gasteiger charge is -2.12. The maximum Gasteiger partial charge on any atom is 0.128 e. The van der Waals surface area contributed by atoms with Crippen molar-refractivity contribution in [3.8, 4) is 0 Å². The number of hydrogen-bond donors (Lipinski definition) is 0. The normalized spacial score (nSPS) is 12.4. The molecule has 0 nitrogen and oxygen atoms in total. The second kappa shape index (κ2) is 5.73. The van der Waals surface area contributed by atoms with Crippen LogP contribution in [0.3, 0.4) is 0 Å². The van der Waals surface area contributed by atoms with Crippen molar-refractivity contribution in [1.29, 1.82) is 0 Å². The lowest BCUT2D eigenvalue weighted by atomic mass is 10.0. The third-order valence-corrected chi connectivity index (χ3v) is 3.63. The van der Waals surface area contributed by atoms with E-state index in [4.69, 9.17) is 23.2 Å². The predicted molar refractivity (Wildman–Crippen MR) is 74.9 cm³/mol. The minimum absolute atomic E-state index is 0.334. The van der Waals surface area contributed by atoms with E-state index in [1.807, 2.05) is 24.3 Å². The Morgan fingerprint density at radius 3 is 2.39 bits per heavy atom. The van der Waals surface area contributed by atoms with Crippen molar-refractivity contribution < 1.29 is 4.39 Å². The first-order valence-electron chi connectivity index (χ1n) is 5.79. The summed E-state index contributed by atoms with van der Waals surface area (Å²) in [6.45, 7) is 2.09. The van der Waals surface area contributed by atoms with E-state index in [9.17, 15) is 4.39 Å². The molecule has 94 valence electrons. The largest absolute Gasteiger partial charge is 0.207 e. The first kappa shape index (κ1) is 13.4. The highest BCUT2D eigenvalue weighted by atomic mass is 35.5. The van der Waals surface area contributed by atoms with Gasteiger partial charge in [-0.05, 0) is 35.7 Å². The van der Waals surface area contributed by atoms with Gasteiger partial charge in [-0.15, -0.1) is 11.6 Å². The van der Waals surface area contributed by atoms with Crippen molar-refractivity contribution in [2.24, 2.45) is 0 Å². The molecule has 0 spiro atoms. The molecule has 1 atom stereocenters. The summed E-state index contributed by atoms with van der Waals surface area (Å²) in [5.41, 5.74) is 2.51. The quantitative estimate of drug-likeness (QED) is 0.664. The summed E-state index contributed by atoms with van der Waals surface area (Å²) >= 11 is 12.2. The van der Waals surface area contributed by atoms with E-state index >= 15 is 0 Å². The molecule has 1 unspecified atom stereocenters. The van der Waals surface area contributed by atoms with Gasteiger partial charge >= 0.3 is 0 Å².